The molecule has 0 bridgehead atoms. The Kier molecular flexibility index (Phi) is 9.41. The van der Waals surface area contributed by atoms with Crippen LogP contribution in [0.25, 0.3) is 0 Å². The number of rotatable bonds is 8. The minimum absolute atomic E-state index is 0.00278. The van der Waals surface area contributed by atoms with Crippen molar-refractivity contribution in [1.82, 2.24) is 0 Å². The highest BCUT2D eigenvalue weighted by atomic mass is 31.2. The van der Waals surface area contributed by atoms with Crippen LogP contribution in [-0.2, 0) is 31.1 Å². The fourth-order valence-corrected chi connectivity index (χ4v) is 6.44. The summed E-state index contributed by atoms with van der Waals surface area (Å²) in [5.41, 5.74) is -6.87. The maximum atomic E-state index is 15.0. The van der Waals surface area contributed by atoms with Crippen molar-refractivity contribution in [3.8, 4) is 0 Å². The van der Waals surface area contributed by atoms with Gasteiger partial charge in [0.15, 0.2) is 16.8 Å². The molecule has 2 aromatic carbocycles. The summed E-state index contributed by atoms with van der Waals surface area (Å²) in [5, 5.41) is -0.180. The second-order valence-electron chi connectivity index (χ2n) is 7.92. The molecule has 0 aliphatic carbocycles. The first-order valence-electron chi connectivity index (χ1n) is 10.9. The van der Waals surface area contributed by atoms with Gasteiger partial charge in [-0.05, 0) is 71.2 Å². The highest BCUT2D eigenvalue weighted by molar-refractivity contribution is 7.54. The fourth-order valence-electron chi connectivity index (χ4n) is 4.95. The van der Waals surface area contributed by atoms with Crippen molar-refractivity contribution in [1.29, 1.82) is 0 Å². The molecule has 0 heterocycles. The molecule has 0 aliphatic heterocycles. The van der Waals surface area contributed by atoms with E-state index in [1.165, 1.54) is 27.7 Å². The van der Waals surface area contributed by atoms with E-state index >= 15 is 0 Å². The lowest BCUT2D eigenvalue weighted by molar-refractivity contribution is -0.289. The van der Waals surface area contributed by atoms with Gasteiger partial charge in [-0.25, -0.2) is 0 Å². The van der Waals surface area contributed by atoms with Gasteiger partial charge in [0.25, 0.3) is 0 Å². The molecule has 0 atom stereocenters. The van der Waals surface area contributed by atoms with Crippen molar-refractivity contribution in [3.05, 3.63) is 57.6 Å². The zero-order valence-electron chi connectivity index (χ0n) is 19.6. The summed E-state index contributed by atoms with van der Waals surface area (Å²) in [6.07, 6.45) is -12.1. The number of hydrogen-bond donors (Lipinski definition) is 4. The predicted molar refractivity (Wildman–Crippen MR) is 125 cm³/mol. The van der Waals surface area contributed by atoms with Crippen LogP contribution < -0.4 is 10.6 Å². The van der Waals surface area contributed by atoms with Crippen molar-refractivity contribution in [2.75, 3.05) is 0 Å². The van der Waals surface area contributed by atoms with Gasteiger partial charge in [-0.15, -0.1) is 0 Å². The normalized spacial score (nSPS) is 13.3. The molecule has 0 fully saturated rings. The summed E-state index contributed by atoms with van der Waals surface area (Å²) in [6, 6.07) is 3.24. The van der Waals surface area contributed by atoms with Crippen molar-refractivity contribution in [2.24, 2.45) is 0 Å². The molecular formula is C23H28F6O4P2. The highest BCUT2D eigenvalue weighted by Gasteiger charge is 2.73. The average Bonchev–Trinajstić information content (AvgIpc) is 2.75. The number of alkyl halides is 6. The molecule has 4 nitrogen and oxygen atoms in total. The summed E-state index contributed by atoms with van der Waals surface area (Å²) in [6.45, 7) is 5.89. The van der Waals surface area contributed by atoms with E-state index in [9.17, 15) is 45.9 Å². The van der Waals surface area contributed by atoms with Crippen LogP contribution in [0.1, 0.15) is 61.1 Å². The highest BCUT2D eigenvalue weighted by Crippen LogP contribution is 2.58. The third-order valence-electron chi connectivity index (χ3n) is 6.32. The molecule has 4 N–H and O–H groups in total. The first-order chi connectivity index (χ1) is 16.1. The molecule has 0 aliphatic rings. The molecule has 2 rings (SSSR count). The fraction of sp³-hybridized carbons (Fsp3) is 0.478. The molecular weight excluding hydrogens is 516 g/mol. The molecule has 0 amide bonds. The molecule has 196 valence electrons. The summed E-state index contributed by atoms with van der Waals surface area (Å²) >= 11 is 0. The Morgan fingerprint density at radius 1 is 0.543 bits per heavy atom. The van der Waals surface area contributed by atoms with E-state index in [1.807, 2.05) is 0 Å². The Morgan fingerprint density at radius 3 is 1.03 bits per heavy atom. The Morgan fingerprint density at radius 2 is 0.829 bits per heavy atom. The average molecular weight is 544 g/mol. The smallest absolute Gasteiger partial charge is 0.347 e. The first-order valence-corrected chi connectivity index (χ1v) is 13.4. The van der Waals surface area contributed by atoms with Crippen LogP contribution in [0.2, 0.25) is 0 Å². The Labute approximate surface area is 202 Å². The van der Waals surface area contributed by atoms with Crippen LogP contribution in [-0.4, -0.2) is 31.9 Å². The molecule has 0 aromatic heterocycles. The third-order valence-corrected chi connectivity index (χ3v) is 8.02. The molecule has 0 spiro atoms. The molecule has 12 heteroatoms. The van der Waals surface area contributed by atoms with Crippen LogP contribution in [0.3, 0.4) is 0 Å². The lowest BCUT2D eigenvalue weighted by Gasteiger charge is -2.41. The summed E-state index contributed by atoms with van der Waals surface area (Å²) < 4.78 is 89.7. The summed E-state index contributed by atoms with van der Waals surface area (Å²) in [7, 11) is -5.49. The van der Waals surface area contributed by atoms with Gasteiger partial charge in [0.1, 0.15) is 0 Å². The number of benzene rings is 2. The predicted octanol–water partition coefficient (Wildman–Crippen LogP) is 5.19. The van der Waals surface area contributed by atoms with E-state index in [0.717, 1.165) is 12.1 Å². The molecule has 35 heavy (non-hydrogen) atoms. The van der Waals surface area contributed by atoms with Crippen molar-refractivity contribution in [3.63, 3.8) is 0 Å². The lowest BCUT2D eigenvalue weighted by atomic mass is 9.67. The number of hydrogen-bond acceptors (Lipinski definition) is 4. The molecule has 2 aromatic rings. The minimum atomic E-state index is -5.83. The van der Waals surface area contributed by atoms with E-state index in [0.29, 0.717) is 12.1 Å². The van der Waals surface area contributed by atoms with E-state index in [4.69, 9.17) is 0 Å². The SMILES string of the molecule is CCc1c(P(O)O)ccc(C(c2ccc(P(O)O)c(CC)c2CC)(C(F)(F)F)C(F)(F)F)c1CC. The van der Waals surface area contributed by atoms with Gasteiger partial charge in [0, 0.05) is 10.6 Å². The van der Waals surface area contributed by atoms with E-state index < -0.39 is 45.6 Å². The topological polar surface area (TPSA) is 80.9 Å². The van der Waals surface area contributed by atoms with Gasteiger partial charge >= 0.3 is 12.4 Å². The molecule has 0 saturated heterocycles. The first kappa shape index (κ1) is 29.9. The van der Waals surface area contributed by atoms with Gasteiger partial charge < -0.3 is 19.6 Å². The largest absolute Gasteiger partial charge is 0.411 e. The van der Waals surface area contributed by atoms with Gasteiger partial charge in [-0.3, -0.25) is 0 Å². The molecule has 0 unspecified atom stereocenters. The third kappa shape index (κ3) is 4.98. The van der Waals surface area contributed by atoms with Crippen LogP contribution in [0.5, 0.6) is 0 Å². The van der Waals surface area contributed by atoms with Crippen molar-refractivity contribution < 1.29 is 45.9 Å². The number of halogens is 6. The van der Waals surface area contributed by atoms with E-state index in [2.05, 4.69) is 0 Å². The zero-order valence-corrected chi connectivity index (χ0v) is 21.4. The van der Waals surface area contributed by atoms with E-state index in [-0.39, 0.29) is 58.5 Å². The lowest BCUT2D eigenvalue weighted by Crippen LogP contribution is -2.56. The van der Waals surface area contributed by atoms with Crippen LogP contribution >= 0.6 is 16.8 Å². The van der Waals surface area contributed by atoms with Crippen LogP contribution in [0, 0.1) is 0 Å². The van der Waals surface area contributed by atoms with Gasteiger partial charge in [-0.1, -0.05) is 39.8 Å². The van der Waals surface area contributed by atoms with Gasteiger partial charge in [-0.2, -0.15) is 26.3 Å². The summed E-state index contributed by atoms with van der Waals surface area (Å²) in [5.74, 6) is 0. The zero-order chi connectivity index (χ0) is 26.9. The van der Waals surface area contributed by atoms with Gasteiger partial charge in [0.05, 0.1) is 0 Å². The van der Waals surface area contributed by atoms with Crippen molar-refractivity contribution >= 4 is 27.4 Å². The molecule has 0 saturated carbocycles. The maximum Gasteiger partial charge on any atom is 0.411 e. The van der Waals surface area contributed by atoms with Gasteiger partial charge in [0.2, 0.25) is 5.41 Å². The van der Waals surface area contributed by atoms with Crippen LogP contribution in [0.4, 0.5) is 26.3 Å². The Bertz CT molecular complexity index is 968. The molecule has 0 radical (unpaired) electrons. The minimum Gasteiger partial charge on any atom is -0.347 e. The maximum absolute atomic E-state index is 15.0. The summed E-state index contributed by atoms with van der Waals surface area (Å²) in [4.78, 5) is 39.0. The van der Waals surface area contributed by atoms with Crippen LogP contribution in [0.15, 0.2) is 24.3 Å². The van der Waals surface area contributed by atoms with E-state index in [1.54, 1.807) is 0 Å². The second-order valence-corrected chi connectivity index (χ2v) is 10.0. The monoisotopic (exact) mass is 544 g/mol. The second kappa shape index (κ2) is 11.0. The Balaban J connectivity index is 3.25. The standard InChI is InChI=1S/C23H28F6O4P2/c1-5-13-15(7-3)19(34(30)31)11-9-17(13)21(22(24,25)26,23(27,28)29)18-10-12-20(35(32)33)16(8-4)14(18)6-2/h9-12,30-33H,5-8H2,1-4H3. The quantitative estimate of drug-likeness (QED) is 0.273. The van der Waals surface area contributed by atoms with Crippen molar-refractivity contribution in [2.45, 2.75) is 71.1 Å². The Hall–Kier alpha value is -1.28.